The molecule has 0 aliphatic carbocycles. The summed E-state index contributed by atoms with van der Waals surface area (Å²) in [5, 5.41) is 9.55. The number of hydrogen-bond donors (Lipinski definition) is 1. The fourth-order valence-corrected chi connectivity index (χ4v) is 1.75. The quantitative estimate of drug-likeness (QED) is 0.559. The Morgan fingerprint density at radius 2 is 1.40 bits per heavy atom. The lowest BCUT2D eigenvalue weighted by atomic mass is 9.82. The van der Waals surface area contributed by atoms with Gasteiger partial charge in [-0.1, -0.05) is 65.7 Å². The SMILES string of the molecule is CCCCCCCCCC(C)(C)C(C)O. The largest absolute Gasteiger partial charge is 0.393 e. The first-order chi connectivity index (χ1) is 7.00. The van der Waals surface area contributed by atoms with Gasteiger partial charge in [0.2, 0.25) is 0 Å². The molecule has 0 aromatic rings. The second-order valence-corrected chi connectivity index (χ2v) is 5.54. The van der Waals surface area contributed by atoms with Crippen molar-refractivity contribution in [1.82, 2.24) is 0 Å². The van der Waals surface area contributed by atoms with Crippen LogP contribution in [0.4, 0.5) is 0 Å². The first kappa shape index (κ1) is 15.0. The van der Waals surface area contributed by atoms with E-state index < -0.39 is 0 Å². The van der Waals surface area contributed by atoms with Gasteiger partial charge in [0.15, 0.2) is 0 Å². The predicted octanol–water partition coefficient (Wildman–Crippen LogP) is 4.53. The Hall–Kier alpha value is -0.0400. The van der Waals surface area contributed by atoms with E-state index in [-0.39, 0.29) is 11.5 Å². The lowest BCUT2D eigenvalue weighted by Gasteiger charge is -2.27. The van der Waals surface area contributed by atoms with E-state index in [1.807, 2.05) is 6.92 Å². The van der Waals surface area contributed by atoms with Gasteiger partial charge >= 0.3 is 0 Å². The highest BCUT2D eigenvalue weighted by molar-refractivity contribution is 4.73. The van der Waals surface area contributed by atoms with Gasteiger partial charge in [0.25, 0.3) is 0 Å². The molecule has 1 nitrogen and oxygen atoms in total. The Morgan fingerprint density at radius 3 is 1.87 bits per heavy atom. The monoisotopic (exact) mass is 214 g/mol. The summed E-state index contributed by atoms with van der Waals surface area (Å²) in [7, 11) is 0. The predicted molar refractivity (Wildman–Crippen MR) is 68.1 cm³/mol. The van der Waals surface area contributed by atoms with Crippen LogP contribution in [0.1, 0.15) is 79.1 Å². The van der Waals surface area contributed by atoms with Gasteiger partial charge in [-0.3, -0.25) is 0 Å². The van der Waals surface area contributed by atoms with Gasteiger partial charge < -0.3 is 5.11 Å². The summed E-state index contributed by atoms with van der Waals surface area (Å²) < 4.78 is 0. The van der Waals surface area contributed by atoms with Gasteiger partial charge in [-0.05, 0) is 18.8 Å². The Kier molecular flexibility index (Phi) is 8.13. The van der Waals surface area contributed by atoms with E-state index in [0.717, 1.165) is 6.42 Å². The van der Waals surface area contributed by atoms with Gasteiger partial charge in [0, 0.05) is 0 Å². The molecule has 0 amide bonds. The summed E-state index contributed by atoms with van der Waals surface area (Å²) in [5.41, 5.74) is 0.101. The third kappa shape index (κ3) is 7.84. The lowest BCUT2D eigenvalue weighted by molar-refractivity contribution is 0.0577. The maximum Gasteiger partial charge on any atom is 0.0563 e. The van der Waals surface area contributed by atoms with Crippen molar-refractivity contribution in [3.63, 3.8) is 0 Å². The molecule has 0 bridgehead atoms. The average Bonchev–Trinajstić information content (AvgIpc) is 2.16. The molecule has 1 N–H and O–H groups in total. The van der Waals surface area contributed by atoms with Crippen LogP contribution >= 0.6 is 0 Å². The number of aliphatic hydroxyl groups is 1. The molecule has 0 saturated heterocycles. The van der Waals surface area contributed by atoms with Crippen LogP contribution in [0.3, 0.4) is 0 Å². The van der Waals surface area contributed by atoms with Crippen LogP contribution in [0.15, 0.2) is 0 Å². The molecule has 0 rings (SSSR count). The minimum Gasteiger partial charge on any atom is -0.393 e. The molecule has 1 heteroatoms. The lowest BCUT2D eigenvalue weighted by Crippen LogP contribution is -2.26. The van der Waals surface area contributed by atoms with Crippen molar-refractivity contribution in [3.8, 4) is 0 Å². The first-order valence-corrected chi connectivity index (χ1v) is 6.68. The number of aliphatic hydroxyl groups excluding tert-OH is 1. The zero-order valence-corrected chi connectivity index (χ0v) is 11.2. The molecule has 1 atom stereocenters. The van der Waals surface area contributed by atoms with Gasteiger partial charge in [-0.25, -0.2) is 0 Å². The van der Waals surface area contributed by atoms with E-state index in [0.29, 0.717) is 0 Å². The third-order valence-electron chi connectivity index (χ3n) is 3.56. The third-order valence-corrected chi connectivity index (χ3v) is 3.56. The zero-order valence-electron chi connectivity index (χ0n) is 11.2. The Labute approximate surface area is 96.3 Å². The molecule has 15 heavy (non-hydrogen) atoms. The van der Waals surface area contributed by atoms with E-state index in [2.05, 4.69) is 20.8 Å². The normalized spacial score (nSPS) is 14.2. The van der Waals surface area contributed by atoms with Crippen LogP contribution in [0.5, 0.6) is 0 Å². The smallest absolute Gasteiger partial charge is 0.0563 e. The zero-order chi connectivity index (χ0) is 11.7. The van der Waals surface area contributed by atoms with Crippen molar-refractivity contribution in [2.75, 3.05) is 0 Å². The maximum atomic E-state index is 9.55. The van der Waals surface area contributed by atoms with Crippen molar-refractivity contribution < 1.29 is 5.11 Å². The highest BCUT2D eigenvalue weighted by atomic mass is 16.3. The molecule has 0 heterocycles. The minimum atomic E-state index is -0.183. The molecule has 0 aromatic carbocycles. The molecule has 0 aromatic heterocycles. The van der Waals surface area contributed by atoms with E-state index in [4.69, 9.17) is 0 Å². The summed E-state index contributed by atoms with van der Waals surface area (Å²) in [6, 6.07) is 0. The second-order valence-electron chi connectivity index (χ2n) is 5.54. The van der Waals surface area contributed by atoms with Crippen LogP contribution in [-0.4, -0.2) is 11.2 Å². The summed E-state index contributed by atoms with van der Waals surface area (Å²) in [5.74, 6) is 0. The number of rotatable bonds is 9. The second kappa shape index (κ2) is 8.15. The molecule has 0 radical (unpaired) electrons. The molecule has 1 unspecified atom stereocenters. The fourth-order valence-electron chi connectivity index (χ4n) is 1.75. The van der Waals surface area contributed by atoms with E-state index in [9.17, 15) is 5.11 Å². The van der Waals surface area contributed by atoms with Crippen molar-refractivity contribution in [3.05, 3.63) is 0 Å². The summed E-state index contributed by atoms with van der Waals surface area (Å²) >= 11 is 0. The molecule has 0 aliphatic heterocycles. The van der Waals surface area contributed by atoms with Crippen molar-refractivity contribution in [2.24, 2.45) is 5.41 Å². The molecular weight excluding hydrogens is 184 g/mol. The van der Waals surface area contributed by atoms with Crippen LogP contribution in [0, 0.1) is 5.41 Å². The molecular formula is C14H30O. The first-order valence-electron chi connectivity index (χ1n) is 6.68. The molecule has 0 saturated carbocycles. The van der Waals surface area contributed by atoms with Crippen LogP contribution in [0.25, 0.3) is 0 Å². The van der Waals surface area contributed by atoms with Crippen LogP contribution in [-0.2, 0) is 0 Å². The highest BCUT2D eigenvalue weighted by Gasteiger charge is 2.22. The average molecular weight is 214 g/mol. The Bertz CT molecular complexity index is 138. The van der Waals surface area contributed by atoms with E-state index >= 15 is 0 Å². The van der Waals surface area contributed by atoms with Crippen molar-refractivity contribution >= 4 is 0 Å². The van der Waals surface area contributed by atoms with E-state index in [1.54, 1.807) is 0 Å². The molecule has 0 fully saturated rings. The maximum absolute atomic E-state index is 9.55. The van der Waals surface area contributed by atoms with E-state index in [1.165, 1.54) is 44.9 Å². The van der Waals surface area contributed by atoms with Gasteiger partial charge in [0.05, 0.1) is 6.10 Å². The summed E-state index contributed by atoms with van der Waals surface area (Å²) in [4.78, 5) is 0. The highest BCUT2D eigenvalue weighted by Crippen LogP contribution is 2.27. The molecule has 92 valence electrons. The number of unbranched alkanes of at least 4 members (excludes halogenated alkanes) is 6. The topological polar surface area (TPSA) is 20.2 Å². The van der Waals surface area contributed by atoms with Gasteiger partial charge in [-0.2, -0.15) is 0 Å². The number of hydrogen-bond acceptors (Lipinski definition) is 1. The fraction of sp³-hybridized carbons (Fsp3) is 1.00. The molecule has 0 aliphatic rings. The van der Waals surface area contributed by atoms with Crippen molar-refractivity contribution in [1.29, 1.82) is 0 Å². The van der Waals surface area contributed by atoms with Gasteiger partial charge in [-0.15, -0.1) is 0 Å². The standard InChI is InChI=1S/C14H30O/c1-5-6-7-8-9-10-11-12-14(3,4)13(2)15/h13,15H,5-12H2,1-4H3. The van der Waals surface area contributed by atoms with Crippen molar-refractivity contribution in [2.45, 2.75) is 85.2 Å². The van der Waals surface area contributed by atoms with Crippen LogP contribution < -0.4 is 0 Å². The van der Waals surface area contributed by atoms with Gasteiger partial charge in [0.1, 0.15) is 0 Å². The summed E-state index contributed by atoms with van der Waals surface area (Å²) in [6.45, 7) is 8.48. The Morgan fingerprint density at radius 1 is 0.933 bits per heavy atom. The van der Waals surface area contributed by atoms with Crippen LogP contribution in [0.2, 0.25) is 0 Å². The molecule has 0 spiro atoms. The summed E-state index contributed by atoms with van der Waals surface area (Å²) in [6.07, 6.45) is 10.4. The minimum absolute atomic E-state index is 0.101. The Balaban J connectivity index is 3.31.